The summed E-state index contributed by atoms with van der Waals surface area (Å²) < 4.78 is 46.9. The molecular formula is C33H46F3N3O4. The lowest BCUT2D eigenvalue weighted by Gasteiger charge is -2.28. The van der Waals surface area contributed by atoms with E-state index in [4.69, 9.17) is 15.0 Å². The molecule has 0 unspecified atom stereocenters. The highest BCUT2D eigenvalue weighted by Gasteiger charge is 2.36. The lowest BCUT2D eigenvalue weighted by atomic mass is 10.0. The quantitative estimate of drug-likeness (QED) is 0.0914. The minimum absolute atomic E-state index is 0.0834. The largest absolute Gasteiger partial charge is 0.444 e. The summed E-state index contributed by atoms with van der Waals surface area (Å²) in [4.78, 5) is 32.1. The van der Waals surface area contributed by atoms with Gasteiger partial charge in [0.2, 0.25) is 0 Å². The summed E-state index contributed by atoms with van der Waals surface area (Å²) in [6.45, 7) is 7.38. The molecule has 0 radical (unpaired) electrons. The third kappa shape index (κ3) is 14.0. The van der Waals surface area contributed by atoms with Gasteiger partial charge in [-0.15, -0.1) is 0 Å². The average molecular weight is 606 g/mol. The number of ether oxygens (including phenoxy) is 1. The molecule has 0 heterocycles. The van der Waals surface area contributed by atoms with Crippen LogP contribution in [0.3, 0.4) is 0 Å². The van der Waals surface area contributed by atoms with Crippen LogP contribution in [0.4, 0.5) is 18.0 Å². The second-order valence-corrected chi connectivity index (χ2v) is 11.7. The Hall–Kier alpha value is -3.56. The summed E-state index contributed by atoms with van der Waals surface area (Å²) in [6.07, 6.45) is 4.82. The minimum atomic E-state index is -4.81. The van der Waals surface area contributed by atoms with E-state index >= 15 is 0 Å². The number of rotatable bonds is 15. The number of hydrogen-bond donors (Lipinski definition) is 2. The molecule has 2 rings (SSSR count). The molecule has 7 nitrogen and oxygen atoms in total. The molecule has 0 atom stereocenters. The first-order valence-corrected chi connectivity index (χ1v) is 15.1. The van der Waals surface area contributed by atoms with Crippen LogP contribution in [-0.2, 0) is 28.8 Å². The molecule has 1 amide bonds. The summed E-state index contributed by atoms with van der Waals surface area (Å²) >= 11 is 0. The number of unbranched alkanes of at least 4 members (excludes halogenated alkanes) is 8. The van der Waals surface area contributed by atoms with Crippen LogP contribution in [0.25, 0.3) is 0 Å². The minimum Gasteiger partial charge on any atom is -0.444 e. The van der Waals surface area contributed by atoms with Crippen molar-refractivity contribution in [3.05, 3.63) is 70.8 Å². The number of amides is 1. The Balaban J connectivity index is 2.05. The lowest BCUT2D eigenvalue weighted by Crippen LogP contribution is -2.36. The summed E-state index contributed by atoms with van der Waals surface area (Å²) in [5.41, 5.74) is 0.625. The number of nitrogens with zero attached hydrogens (tertiary/aromatic N) is 1. The zero-order valence-electron chi connectivity index (χ0n) is 25.8. The van der Waals surface area contributed by atoms with Gasteiger partial charge in [0, 0.05) is 19.5 Å². The number of benzene rings is 2. The van der Waals surface area contributed by atoms with E-state index in [1.54, 1.807) is 20.8 Å². The molecule has 2 aromatic rings. The van der Waals surface area contributed by atoms with Crippen molar-refractivity contribution in [1.82, 2.24) is 10.4 Å². The normalized spacial score (nSPS) is 11.6. The van der Waals surface area contributed by atoms with E-state index in [1.807, 2.05) is 30.3 Å². The van der Waals surface area contributed by atoms with Gasteiger partial charge in [-0.3, -0.25) is 10.3 Å². The first-order chi connectivity index (χ1) is 20.3. The van der Waals surface area contributed by atoms with E-state index in [2.05, 4.69) is 12.4 Å². The Labute approximate surface area is 253 Å². The van der Waals surface area contributed by atoms with Crippen molar-refractivity contribution in [2.24, 2.45) is 0 Å². The second-order valence-electron chi connectivity index (χ2n) is 11.7. The van der Waals surface area contributed by atoms with Crippen molar-refractivity contribution in [3.8, 4) is 0 Å². The van der Waals surface area contributed by atoms with Crippen LogP contribution >= 0.6 is 0 Å². The molecule has 2 aromatic carbocycles. The summed E-state index contributed by atoms with van der Waals surface area (Å²) in [5, 5.41) is 8.01. The van der Waals surface area contributed by atoms with E-state index in [-0.39, 0.29) is 24.5 Å². The third-order valence-electron chi connectivity index (χ3n) is 6.65. The number of carbonyl (C=O) groups excluding carboxylic acids is 2. The summed E-state index contributed by atoms with van der Waals surface area (Å²) in [5.74, 6) is -1.35. The van der Waals surface area contributed by atoms with Crippen LogP contribution in [0.1, 0.15) is 119 Å². The van der Waals surface area contributed by atoms with Gasteiger partial charge in [-0.1, -0.05) is 94.7 Å². The Bertz CT molecular complexity index is 1160. The first kappa shape index (κ1) is 35.6. The van der Waals surface area contributed by atoms with Crippen LogP contribution < -0.4 is 5.48 Å². The van der Waals surface area contributed by atoms with Crippen molar-refractivity contribution in [2.75, 3.05) is 0 Å². The van der Waals surface area contributed by atoms with Gasteiger partial charge in [0.1, 0.15) is 11.4 Å². The van der Waals surface area contributed by atoms with Crippen molar-refractivity contribution in [2.45, 2.75) is 117 Å². The number of hydroxylamine groups is 1. The van der Waals surface area contributed by atoms with Gasteiger partial charge in [0.15, 0.2) is 0 Å². The highest BCUT2D eigenvalue weighted by molar-refractivity contribution is 5.92. The number of amidine groups is 1. The molecule has 0 aliphatic heterocycles. The molecule has 0 fully saturated rings. The van der Waals surface area contributed by atoms with E-state index in [0.29, 0.717) is 12.8 Å². The molecule has 0 saturated heterocycles. The fraction of sp³-hybridized carbons (Fsp3) is 0.545. The maximum Gasteiger partial charge on any atom is 0.417 e. The Morgan fingerprint density at radius 1 is 0.837 bits per heavy atom. The molecule has 0 aromatic heterocycles. The Morgan fingerprint density at radius 2 is 1.42 bits per heavy atom. The zero-order chi connectivity index (χ0) is 31.9. The number of hydrogen-bond acceptors (Lipinski definition) is 5. The van der Waals surface area contributed by atoms with E-state index in [0.717, 1.165) is 37.0 Å². The van der Waals surface area contributed by atoms with Gasteiger partial charge in [-0.25, -0.2) is 15.1 Å². The maximum absolute atomic E-state index is 13.8. The van der Waals surface area contributed by atoms with Crippen molar-refractivity contribution in [1.29, 1.82) is 5.41 Å². The standard InChI is InChI=1S/C33H46F3N3O4/c1-5-6-7-8-9-10-11-12-16-19-29(37)38-43-30(40)27-22-26(20-21-28(27)33(34,35)36)24-39(31(41)42-32(2,3)4)23-25-17-14-13-15-18-25/h13-15,17-18,20-22H,5-12,16,19,23-24H2,1-4H3,(H2,37,38). The predicted molar refractivity (Wildman–Crippen MR) is 161 cm³/mol. The summed E-state index contributed by atoms with van der Waals surface area (Å²) in [6, 6.07) is 12.2. The van der Waals surface area contributed by atoms with Crippen LogP contribution in [-0.4, -0.2) is 28.4 Å². The third-order valence-corrected chi connectivity index (χ3v) is 6.65. The molecule has 10 heteroatoms. The number of nitrogens with one attached hydrogen (secondary N) is 2. The molecule has 238 valence electrons. The smallest absolute Gasteiger partial charge is 0.417 e. The fourth-order valence-corrected chi connectivity index (χ4v) is 4.47. The predicted octanol–water partition coefficient (Wildman–Crippen LogP) is 9.20. The van der Waals surface area contributed by atoms with E-state index in [9.17, 15) is 22.8 Å². The van der Waals surface area contributed by atoms with Crippen molar-refractivity contribution in [3.63, 3.8) is 0 Å². The van der Waals surface area contributed by atoms with Gasteiger partial charge in [-0.05, 0) is 50.5 Å². The van der Waals surface area contributed by atoms with Crippen molar-refractivity contribution >= 4 is 17.9 Å². The highest BCUT2D eigenvalue weighted by atomic mass is 19.4. The molecule has 2 N–H and O–H groups in total. The lowest BCUT2D eigenvalue weighted by molar-refractivity contribution is -0.138. The van der Waals surface area contributed by atoms with Crippen LogP contribution in [0.5, 0.6) is 0 Å². The molecular weight excluding hydrogens is 559 g/mol. The van der Waals surface area contributed by atoms with Crippen molar-refractivity contribution < 1.29 is 32.3 Å². The van der Waals surface area contributed by atoms with Gasteiger partial charge in [0.05, 0.1) is 11.1 Å². The van der Waals surface area contributed by atoms with Gasteiger partial charge in [0.25, 0.3) is 0 Å². The molecule has 0 aliphatic carbocycles. The maximum atomic E-state index is 13.8. The van der Waals surface area contributed by atoms with Crippen LogP contribution in [0.2, 0.25) is 0 Å². The Kier molecular flexibility index (Phi) is 14.5. The van der Waals surface area contributed by atoms with Gasteiger partial charge >= 0.3 is 18.2 Å². The second kappa shape index (κ2) is 17.5. The first-order valence-electron chi connectivity index (χ1n) is 15.1. The highest BCUT2D eigenvalue weighted by Crippen LogP contribution is 2.33. The average Bonchev–Trinajstić information content (AvgIpc) is 2.93. The van der Waals surface area contributed by atoms with E-state index in [1.165, 1.54) is 43.1 Å². The number of alkyl halides is 3. The zero-order valence-corrected chi connectivity index (χ0v) is 25.8. The topological polar surface area (TPSA) is 91.7 Å². The Morgan fingerprint density at radius 3 is 2.00 bits per heavy atom. The van der Waals surface area contributed by atoms with Gasteiger partial charge < -0.3 is 9.57 Å². The SMILES string of the molecule is CCCCCCCCCCCC(=N)NOC(=O)c1cc(CN(Cc2ccccc2)C(=O)OC(C)(C)C)ccc1C(F)(F)F. The van der Waals surface area contributed by atoms with Gasteiger partial charge in [-0.2, -0.15) is 13.2 Å². The fourth-order valence-electron chi connectivity index (χ4n) is 4.47. The molecule has 0 aliphatic rings. The monoisotopic (exact) mass is 605 g/mol. The van der Waals surface area contributed by atoms with Crippen LogP contribution in [0, 0.1) is 5.41 Å². The molecule has 0 spiro atoms. The summed E-state index contributed by atoms with van der Waals surface area (Å²) in [7, 11) is 0. The molecule has 0 saturated carbocycles. The number of halogens is 3. The molecule has 43 heavy (non-hydrogen) atoms. The van der Waals surface area contributed by atoms with Crippen LogP contribution in [0.15, 0.2) is 48.5 Å². The molecule has 0 bridgehead atoms. The van der Waals surface area contributed by atoms with E-state index < -0.39 is 35.0 Å². The number of carbonyl (C=O) groups is 2.